The second kappa shape index (κ2) is 7.33. The first-order chi connectivity index (χ1) is 8.78. The molecule has 19 heavy (non-hydrogen) atoms. The summed E-state index contributed by atoms with van der Waals surface area (Å²) in [5, 5.41) is 5.97. The number of primary sulfonamides is 1. The molecule has 108 valence electrons. The Labute approximate surface area is 123 Å². The molecule has 0 saturated heterocycles. The third-order valence-corrected chi connectivity index (χ3v) is 3.99. The molecule has 0 bridgehead atoms. The summed E-state index contributed by atoms with van der Waals surface area (Å²) in [5.74, 6) is 0.782. The molecule has 2 N–H and O–H groups in total. The number of benzene rings is 1. The largest absolute Gasteiger partial charge is 0.492 e. The molecule has 7 heteroatoms. The average Bonchev–Trinajstić information content (AvgIpc) is 2.28. The molecule has 0 aromatic heterocycles. The molecule has 0 radical (unpaired) electrons. The van der Waals surface area contributed by atoms with Crippen molar-refractivity contribution in [2.45, 2.75) is 19.8 Å². The minimum atomic E-state index is -3.38. The summed E-state index contributed by atoms with van der Waals surface area (Å²) >= 11 is 11.7. The zero-order valence-corrected chi connectivity index (χ0v) is 12.9. The molecule has 0 amide bonds. The number of hydrogen-bond acceptors (Lipinski definition) is 3. The van der Waals surface area contributed by atoms with Crippen molar-refractivity contribution in [3.63, 3.8) is 0 Å². The summed E-state index contributed by atoms with van der Waals surface area (Å²) in [6.07, 6.45) is 1.25. The second-order valence-corrected chi connectivity index (χ2v) is 7.05. The smallest absolute Gasteiger partial charge is 0.209 e. The number of nitrogens with two attached hydrogens (primary N) is 1. The molecule has 1 rings (SSSR count). The first-order valence-electron chi connectivity index (χ1n) is 5.86. The van der Waals surface area contributed by atoms with Crippen LogP contribution in [0.5, 0.6) is 5.75 Å². The van der Waals surface area contributed by atoms with Gasteiger partial charge in [0.25, 0.3) is 0 Å². The van der Waals surface area contributed by atoms with Crippen molar-refractivity contribution in [3.05, 3.63) is 28.2 Å². The Morgan fingerprint density at radius 2 is 2.00 bits per heavy atom. The summed E-state index contributed by atoms with van der Waals surface area (Å²) in [6, 6.07) is 5.02. The Morgan fingerprint density at radius 3 is 2.58 bits per heavy atom. The second-order valence-electron chi connectivity index (χ2n) is 4.47. The van der Waals surface area contributed by atoms with Crippen molar-refractivity contribution in [2.75, 3.05) is 12.4 Å². The number of ether oxygens (including phenoxy) is 1. The van der Waals surface area contributed by atoms with Gasteiger partial charge in [-0.2, -0.15) is 0 Å². The zero-order chi connectivity index (χ0) is 14.5. The monoisotopic (exact) mass is 325 g/mol. The first-order valence-corrected chi connectivity index (χ1v) is 8.33. The van der Waals surface area contributed by atoms with E-state index in [0.29, 0.717) is 28.8 Å². The fourth-order valence-electron chi connectivity index (χ4n) is 1.47. The van der Waals surface area contributed by atoms with Crippen LogP contribution in [-0.4, -0.2) is 20.8 Å². The van der Waals surface area contributed by atoms with Gasteiger partial charge in [0.1, 0.15) is 5.75 Å². The van der Waals surface area contributed by atoms with Gasteiger partial charge in [0.15, 0.2) is 0 Å². The predicted octanol–water partition coefficient (Wildman–Crippen LogP) is 3.08. The molecule has 0 aliphatic rings. The molecule has 0 saturated carbocycles. The minimum absolute atomic E-state index is 0.00410. The van der Waals surface area contributed by atoms with Gasteiger partial charge in [-0.25, -0.2) is 13.6 Å². The fraction of sp³-hybridized carbons (Fsp3) is 0.500. The lowest BCUT2D eigenvalue weighted by Crippen LogP contribution is -2.18. The third-order valence-electron chi connectivity index (χ3n) is 2.66. The van der Waals surface area contributed by atoms with E-state index in [1.54, 1.807) is 18.2 Å². The predicted molar refractivity (Wildman–Crippen MR) is 78.3 cm³/mol. The molecule has 1 aromatic rings. The molecule has 0 fully saturated rings. The number of sulfonamides is 1. The van der Waals surface area contributed by atoms with E-state index in [1.165, 1.54) is 0 Å². The quantitative estimate of drug-likeness (QED) is 0.837. The van der Waals surface area contributed by atoms with Gasteiger partial charge in [0.2, 0.25) is 10.0 Å². The lowest BCUT2D eigenvalue weighted by Gasteiger charge is -2.12. The molecule has 0 aliphatic heterocycles. The third kappa shape index (κ3) is 7.01. The summed E-state index contributed by atoms with van der Waals surface area (Å²) in [6.45, 7) is 2.42. The number of rotatable bonds is 7. The molecular weight excluding hydrogens is 309 g/mol. The van der Waals surface area contributed by atoms with E-state index in [1.807, 2.05) is 6.92 Å². The van der Waals surface area contributed by atoms with E-state index in [-0.39, 0.29) is 11.7 Å². The van der Waals surface area contributed by atoms with E-state index in [0.717, 1.165) is 6.42 Å². The summed E-state index contributed by atoms with van der Waals surface area (Å²) in [4.78, 5) is 0. The topological polar surface area (TPSA) is 69.4 Å². The summed E-state index contributed by atoms with van der Waals surface area (Å²) in [7, 11) is -3.38. The highest BCUT2D eigenvalue weighted by atomic mass is 35.5. The fourth-order valence-corrected chi connectivity index (χ4v) is 2.67. The van der Waals surface area contributed by atoms with Crippen molar-refractivity contribution in [3.8, 4) is 5.75 Å². The Morgan fingerprint density at radius 1 is 1.32 bits per heavy atom. The van der Waals surface area contributed by atoms with Crippen LogP contribution in [0.4, 0.5) is 0 Å². The van der Waals surface area contributed by atoms with Gasteiger partial charge in [-0.15, -0.1) is 0 Å². The van der Waals surface area contributed by atoms with Crippen LogP contribution in [0.3, 0.4) is 0 Å². The lowest BCUT2D eigenvalue weighted by atomic mass is 10.1. The highest BCUT2D eigenvalue weighted by Crippen LogP contribution is 2.27. The van der Waals surface area contributed by atoms with Gasteiger partial charge in [-0.1, -0.05) is 30.1 Å². The van der Waals surface area contributed by atoms with Crippen LogP contribution < -0.4 is 9.88 Å². The van der Waals surface area contributed by atoms with Crippen LogP contribution in [0.25, 0.3) is 0 Å². The van der Waals surface area contributed by atoms with E-state index in [4.69, 9.17) is 33.1 Å². The van der Waals surface area contributed by atoms with Crippen LogP contribution in [0.1, 0.15) is 19.8 Å². The summed E-state index contributed by atoms with van der Waals surface area (Å²) < 4.78 is 27.2. The van der Waals surface area contributed by atoms with Gasteiger partial charge < -0.3 is 4.74 Å². The SMILES string of the molecule is CC(CCOc1ccc(Cl)cc1Cl)CCS(N)(=O)=O. The Kier molecular flexibility index (Phi) is 6.39. The molecule has 1 unspecified atom stereocenters. The zero-order valence-electron chi connectivity index (χ0n) is 10.6. The van der Waals surface area contributed by atoms with Crippen molar-refractivity contribution in [1.82, 2.24) is 0 Å². The van der Waals surface area contributed by atoms with Crippen LogP contribution in [0, 0.1) is 5.92 Å². The lowest BCUT2D eigenvalue weighted by molar-refractivity contribution is 0.282. The highest BCUT2D eigenvalue weighted by Gasteiger charge is 2.09. The van der Waals surface area contributed by atoms with Crippen molar-refractivity contribution >= 4 is 33.2 Å². The minimum Gasteiger partial charge on any atom is -0.492 e. The molecule has 0 spiro atoms. The maximum atomic E-state index is 10.8. The molecule has 0 aliphatic carbocycles. The van der Waals surface area contributed by atoms with Gasteiger partial charge in [-0.05, 0) is 37.0 Å². The van der Waals surface area contributed by atoms with Crippen LogP contribution in [0.2, 0.25) is 10.0 Å². The van der Waals surface area contributed by atoms with E-state index >= 15 is 0 Å². The van der Waals surface area contributed by atoms with Crippen LogP contribution in [-0.2, 0) is 10.0 Å². The Balaban J connectivity index is 2.33. The molecule has 4 nitrogen and oxygen atoms in total. The Bertz CT molecular complexity index is 520. The maximum Gasteiger partial charge on any atom is 0.209 e. The highest BCUT2D eigenvalue weighted by molar-refractivity contribution is 7.89. The molecular formula is C12H17Cl2NO3S. The van der Waals surface area contributed by atoms with Gasteiger partial charge in [0, 0.05) is 5.02 Å². The van der Waals surface area contributed by atoms with Crippen molar-refractivity contribution in [1.29, 1.82) is 0 Å². The van der Waals surface area contributed by atoms with Crippen molar-refractivity contribution in [2.24, 2.45) is 11.1 Å². The summed E-state index contributed by atoms with van der Waals surface area (Å²) in [5.41, 5.74) is 0. The Hall–Kier alpha value is -0.490. The normalized spacial score (nSPS) is 13.3. The van der Waals surface area contributed by atoms with Crippen LogP contribution in [0.15, 0.2) is 18.2 Å². The number of halogens is 2. The van der Waals surface area contributed by atoms with E-state index < -0.39 is 10.0 Å². The van der Waals surface area contributed by atoms with Gasteiger partial charge >= 0.3 is 0 Å². The first kappa shape index (κ1) is 16.6. The molecule has 0 heterocycles. The molecule has 1 atom stereocenters. The maximum absolute atomic E-state index is 10.8. The average molecular weight is 326 g/mol. The standard InChI is InChI=1S/C12H17Cl2NO3S/c1-9(5-7-19(15,16)17)4-6-18-12-3-2-10(13)8-11(12)14/h2-3,8-9H,4-7H2,1H3,(H2,15,16,17). The van der Waals surface area contributed by atoms with Gasteiger partial charge in [-0.3, -0.25) is 0 Å². The van der Waals surface area contributed by atoms with E-state index in [9.17, 15) is 8.42 Å². The van der Waals surface area contributed by atoms with E-state index in [2.05, 4.69) is 0 Å². The number of hydrogen-bond donors (Lipinski definition) is 1. The van der Waals surface area contributed by atoms with Crippen molar-refractivity contribution < 1.29 is 13.2 Å². The van der Waals surface area contributed by atoms with Crippen LogP contribution >= 0.6 is 23.2 Å². The van der Waals surface area contributed by atoms with Gasteiger partial charge in [0.05, 0.1) is 17.4 Å². The molecule has 1 aromatic carbocycles.